The molecule has 0 aliphatic carbocycles. The van der Waals surface area contributed by atoms with Crippen LogP contribution >= 0.6 is 23.5 Å². The van der Waals surface area contributed by atoms with Crippen molar-refractivity contribution < 1.29 is 33.1 Å². The van der Waals surface area contributed by atoms with Gasteiger partial charge in [-0.15, -0.1) is 11.8 Å². The molecule has 1 aromatic heterocycles. The van der Waals surface area contributed by atoms with Crippen LogP contribution in [-0.4, -0.2) is 57.8 Å². The van der Waals surface area contributed by atoms with Crippen molar-refractivity contribution in [3.8, 4) is 5.75 Å². The third-order valence-electron chi connectivity index (χ3n) is 6.39. The molecular weight excluding hydrogens is 552 g/mol. The summed E-state index contributed by atoms with van der Waals surface area (Å²) < 4.78 is 15.9. The van der Waals surface area contributed by atoms with Crippen molar-refractivity contribution in [3.63, 3.8) is 0 Å². The van der Waals surface area contributed by atoms with Crippen LogP contribution in [0.1, 0.15) is 21.7 Å². The predicted molar refractivity (Wildman–Crippen MR) is 150 cm³/mol. The molecule has 1 fully saturated rings. The Morgan fingerprint density at radius 1 is 1.05 bits per heavy atom. The van der Waals surface area contributed by atoms with Crippen LogP contribution in [0.2, 0.25) is 0 Å². The number of fused-ring (bicyclic) bond motifs is 1. The monoisotopic (exact) mass is 578 g/mol. The molecule has 0 radical (unpaired) electrons. The molecule has 0 spiro atoms. The smallest absolute Gasteiger partial charge is 0.355 e. The Morgan fingerprint density at radius 2 is 1.82 bits per heavy atom. The van der Waals surface area contributed by atoms with Gasteiger partial charge in [-0.05, 0) is 41.0 Å². The second-order valence-corrected chi connectivity index (χ2v) is 11.1. The maximum absolute atomic E-state index is 13.4. The number of ether oxygens (including phenoxy) is 2. The van der Waals surface area contributed by atoms with Gasteiger partial charge in [0.2, 0.25) is 5.91 Å². The fourth-order valence-corrected chi connectivity index (χ4v) is 6.62. The highest BCUT2D eigenvalue weighted by Gasteiger charge is 2.54. The van der Waals surface area contributed by atoms with Gasteiger partial charge in [-0.25, -0.2) is 4.79 Å². The van der Waals surface area contributed by atoms with Crippen molar-refractivity contribution in [2.24, 2.45) is 0 Å². The molecule has 11 heteroatoms. The van der Waals surface area contributed by atoms with Crippen LogP contribution in [0.4, 0.5) is 0 Å². The van der Waals surface area contributed by atoms with Crippen LogP contribution in [0.25, 0.3) is 0 Å². The number of benzene rings is 2. The van der Waals surface area contributed by atoms with Gasteiger partial charge in [-0.1, -0.05) is 54.2 Å². The summed E-state index contributed by atoms with van der Waals surface area (Å²) in [6, 6.07) is 18.8. The fraction of sp³-hybridized carbons (Fsp3) is 0.241. The summed E-state index contributed by atoms with van der Waals surface area (Å²) in [7, 11) is 1.57. The van der Waals surface area contributed by atoms with E-state index >= 15 is 0 Å². The van der Waals surface area contributed by atoms with E-state index in [9.17, 15) is 19.2 Å². The van der Waals surface area contributed by atoms with Crippen molar-refractivity contribution in [2.45, 2.75) is 24.4 Å². The number of furan rings is 1. The number of hydrogen-bond acceptors (Lipinski definition) is 9. The second-order valence-electron chi connectivity index (χ2n) is 9.05. The zero-order chi connectivity index (χ0) is 28.1. The number of β-lactam (4-membered cyclic amide) rings is 1. The summed E-state index contributed by atoms with van der Waals surface area (Å²) in [6.07, 6.45) is 1.56. The van der Waals surface area contributed by atoms with Crippen molar-refractivity contribution in [1.29, 1.82) is 0 Å². The lowest BCUT2D eigenvalue weighted by atomic mass is 10.0. The van der Waals surface area contributed by atoms with E-state index in [1.54, 1.807) is 43.5 Å². The van der Waals surface area contributed by atoms with Crippen LogP contribution in [0.3, 0.4) is 0 Å². The summed E-state index contributed by atoms with van der Waals surface area (Å²) >= 11 is 2.42. The highest BCUT2D eigenvalue weighted by molar-refractivity contribution is 8.14. The number of esters is 1. The summed E-state index contributed by atoms with van der Waals surface area (Å²) in [5, 5.41) is 2.08. The van der Waals surface area contributed by atoms with Crippen LogP contribution < -0.4 is 10.1 Å². The number of thioether (sulfide) groups is 2. The molecule has 206 valence electrons. The second kappa shape index (κ2) is 12.5. The average molecular weight is 579 g/mol. The molecule has 2 unspecified atom stereocenters. The number of nitrogens with one attached hydrogen (secondary N) is 1. The van der Waals surface area contributed by atoms with Crippen LogP contribution in [0.15, 0.2) is 88.7 Å². The lowest BCUT2D eigenvalue weighted by Gasteiger charge is -2.49. The molecule has 9 nitrogen and oxygen atoms in total. The molecule has 2 aliphatic heterocycles. The minimum Gasteiger partial charge on any atom is -0.497 e. The maximum atomic E-state index is 13.4. The largest absolute Gasteiger partial charge is 0.497 e. The Labute approximate surface area is 239 Å². The van der Waals surface area contributed by atoms with E-state index in [2.05, 4.69) is 5.32 Å². The van der Waals surface area contributed by atoms with Gasteiger partial charge in [0.1, 0.15) is 29.5 Å². The molecule has 1 saturated heterocycles. The van der Waals surface area contributed by atoms with Gasteiger partial charge in [0.15, 0.2) is 5.76 Å². The lowest BCUT2D eigenvalue weighted by molar-refractivity contribution is -0.153. The third kappa shape index (κ3) is 6.10. The topological polar surface area (TPSA) is 115 Å². The summed E-state index contributed by atoms with van der Waals surface area (Å²) in [5.74, 6) is 0.127. The standard InChI is InChI=1S/C29H26N2O7S2/c1-36-21-11-9-19(10-12-21)15-38-28(34)25-20(17-40-29(35)22-8-5-13-37-22)16-39-27-24(26(33)31(25)27)30-23(32)14-18-6-3-2-4-7-18/h2-13,24,27H,14-17H2,1H3,(H,30,32). The number of amides is 2. The molecule has 3 heterocycles. The van der Waals surface area contributed by atoms with Gasteiger partial charge in [-0.2, -0.15) is 0 Å². The van der Waals surface area contributed by atoms with E-state index in [0.717, 1.165) is 22.9 Å². The van der Waals surface area contributed by atoms with E-state index in [-0.39, 0.29) is 41.3 Å². The minimum absolute atomic E-state index is 0.00481. The van der Waals surface area contributed by atoms with Crippen molar-refractivity contribution in [3.05, 3.63) is 101 Å². The molecule has 1 N–H and O–H groups in total. The summed E-state index contributed by atoms with van der Waals surface area (Å²) in [4.78, 5) is 53.2. The number of rotatable bonds is 10. The number of carbonyl (C=O) groups is 4. The Morgan fingerprint density at radius 3 is 2.52 bits per heavy atom. The van der Waals surface area contributed by atoms with Crippen LogP contribution in [-0.2, 0) is 32.1 Å². The SMILES string of the molecule is COc1ccc(COC(=O)C2=C(CSC(=O)c3ccco3)CSC3C(NC(=O)Cc4ccccc4)C(=O)N23)cc1. The van der Waals surface area contributed by atoms with Gasteiger partial charge < -0.3 is 19.2 Å². The fourth-order valence-electron chi connectivity index (χ4n) is 4.35. The van der Waals surface area contributed by atoms with Gasteiger partial charge in [0.05, 0.1) is 19.8 Å². The van der Waals surface area contributed by atoms with Gasteiger partial charge >= 0.3 is 5.97 Å². The molecule has 40 heavy (non-hydrogen) atoms. The minimum atomic E-state index is -0.760. The number of methoxy groups -OCH3 is 1. The normalized spacial score (nSPS) is 18.0. The van der Waals surface area contributed by atoms with E-state index < -0.39 is 23.3 Å². The molecular formula is C29H26N2O7S2. The molecule has 2 aliphatic rings. The molecule has 3 aromatic rings. The van der Waals surface area contributed by atoms with E-state index in [4.69, 9.17) is 13.9 Å². The van der Waals surface area contributed by atoms with E-state index in [1.165, 1.54) is 22.9 Å². The molecule has 2 atom stereocenters. The average Bonchev–Trinajstić information content (AvgIpc) is 3.53. The summed E-state index contributed by atoms with van der Waals surface area (Å²) in [5.41, 5.74) is 2.31. The number of carbonyl (C=O) groups excluding carboxylic acids is 4. The highest BCUT2D eigenvalue weighted by atomic mass is 32.2. The molecule has 0 saturated carbocycles. The zero-order valence-corrected chi connectivity index (χ0v) is 23.2. The summed E-state index contributed by atoms with van der Waals surface area (Å²) in [6.45, 7) is -0.00481. The van der Waals surface area contributed by atoms with Crippen molar-refractivity contribution >= 4 is 46.4 Å². The first-order chi connectivity index (χ1) is 19.4. The number of nitrogens with zero attached hydrogens (tertiary/aromatic N) is 1. The highest BCUT2D eigenvalue weighted by Crippen LogP contribution is 2.41. The number of hydrogen-bond donors (Lipinski definition) is 1. The first-order valence-corrected chi connectivity index (χ1v) is 14.5. The van der Waals surface area contributed by atoms with Crippen LogP contribution in [0.5, 0.6) is 5.75 Å². The van der Waals surface area contributed by atoms with Gasteiger partial charge in [-0.3, -0.25) is 19.3 Å². The van der Waals surface area contributed by atoms with Crippen molar-refractivity contribution in [1.82, 2.24) is 10.2 Å². The van der Waals surface area contributed by atoms with Crippen LogP contribution in [0, 0.1) is 0 Å². The van der Waals surface area contributed by atoms with Crippen molar-refractivity contribution in [2.75, 3.05) is 18.6 Å². The first kappa shape index (κ1) is 27.6. The third-order valence-corrected chi connectivity index (χ3v) is 8.69. The van der Waals surface area contributed by atoms with E-state index in [0.29, 0.717) is 17.1 Å². The first-order valence-electron chi connectivity index (χ1n) is 12.4. The zero-order valence-electron chi connectivity index (χ0n) is 21.5. The quantitative estimate of drug-likeness (QED) is 0.283. The van der Waals surface area contributed by atoms with E-state index in [1.807, 2.05) is 30.3 Å². The Bertz CT molecular complexity index is 1420. The Balaban J connectivity index is 1.30. The van der Waals surface area contributed by atoms with Gasteiger partial charge in [0, 0.05) is 11.5 Å². The molecule has 0 bridgehead atoms. The lowest BCUT2D eigenvalue weighted by Crippen LogP contribution is -2.70. The molecule has 5 rings (SSSR count). The Kier molecular flexibility index (Phi) is 8.61. The predicted octanol–water partition coefficient (Wildman–Crippen LogP) is 3.80. The Hall–Kier alpha value is -3.96. The van der Waals surface area contributed by atoms with Gasteiger partial charge in [0.25, 0.3) is 11.0 Å². The maximum Gasteiger partial charge on any atom is 0.355 e. The molecule has 2 aromatic carbocycles. The molecule has 2 amide bonds.